The molecule has 0 saturated heterocycles. The maximum Gasteiger partial charge on any atom is 0.205 e. The lowest BCUT2D eigenvalue weighted by Gasteiger charge is -2.32. The van der Waals surface area contributed by atoms with Crippen LogP contribution in [0.5, 0.6) is 34.5 Å². The van der Waals surface area contributed by atoms with E-state index in [4.69, 9.17) is 42.6 Å². The third-order valence-corrected chi connectivity index (χ3v) is 8.18. The molecule has 0 aromatic heterocycles. The fraction of sp³-hybridized carbons (Fsp3) is 0.326. The number of benzene rings is 4. The van der Waals surface area contributed by atoms with Crippen molar-refractivity contribution >= 4 is 11.9 Å². The largest absolute Gasteiger partial charge is 0.489 e. The average molecular weight is 725 g/mol. The van der Waals surface area contributed by atoms with Gasteiger partial charge >= 0.3 is 0 Å². The predicted octanol–water partition coefficient (Wildman–Crippen LogP) is 8.72. The summed E-state index contributed by atoms with van der Waals surface area (Å²) in [5.74, 6) is 1.49. The van der Waals surface area contributed by atoms with Gasteiger partial charge in [0.1, 0.15) is 47.4 Å². The van der Waals surface area contributed by atoms with Crippen LogP contribution in [0.25, 0.3) is 6.08 Å². The Bertz CT molecular complexity index is 1890. The van der Waals surface area contributed by atoms with Gasteiger partial charge in [0.2, 0.25) is 5.78 Å². The van der Waals surface area contributed by atoms with Crippen molar-refractivity contribution in [3.8, 4) is 34.5 Å². The van der Waals surface area contributed by atoms with Gasteiger partial charge in [-0.1, -0.05) is 78.4 Å². The minimum absolute atomic E-state index is 0.0598. The Morgan fingerprint density at radius 3 is 1.83 bits per heavy atom. The number of hydrogen-bond acceptors (Lipinski definition) is 10. The van der Waals surface area contributed by atoms with Gasteiger partial charge in [-0.25, -0.2) is 0 Å². The van der Waals surface area contributed by atoms with E-state index in [0.717, 1.165) is 16.7 Å². The number of ketones is 1. The first kappa shape index (κ1) is 38.9. The molecule has 0 unspecified atom stereocenters. The quantitative estimate of drug-likeness (QED) is 0.0530. The van der Waals surface area contributed by atoms with E-state index in [1.54, 1.807) is 19.2 Å². The third-order valence-electron chi connectivity index (χ3n) is 8.18. The molecule has 1 aliphatic heterocycles. The molecule has 0 N–H and O–H groups in total. The lowest BCUT2D eigenvalue weighted by molar-refractivity contribution is 0.0401. The van der Waals surface area contributed by atoms with Gasteiger partial charge in [0.05, 0.1) is 5.56 Å². The number of carbonyl (C=O) groups is 1. The minimum atomic E-state index is -0.713. The molecule has 0 saturated carbocycles. The number of allylic oxidation sites excluding steroid dienone is 2. The fourth-order valence-corrected chi connectivity index (χ4v) is 5.68. The average Bonchev–Trinajstić information content (AvgIpc) is 3.16. The molecule has 53 heavy (non-hydrogen) atoms. The maximum atomic E-state index is 15.5. The first-order chi connectivity index (χ1) is 25.7. The third kappa shape index (κ3) is 9.98. The van der Waals surface area contributed by atoms with Crippen LogP contribution in [0.2, 0.25) is 0 Å². The van der Waals surface area contributed by atoms with Crippen LogP contribution in [0.15, 0.2) is 90.5 Å². The summed E-state index contributed by atoms with van der Waals surface area (Å²) in [6, 6.07) is 22.8. The Morgan fingerprint density at radius 2 is 1.25 bits per heavy atom. The van der Waals surface area contributed by atoms with Gasteiger partial charge in [-0.2, -0.15) is 0 Å². The molecule has 10 heteroatoms. The van der Waals surface area contributed by atoms with Gasteiger partial charge in [0.25, 0.3) is 0 Å². The van der Waals surface area contributed by atoms with Crippen LogP contribution in [-0.2, 0) is 33.8 Å². The summed E-state index contributed by atoms with van der Waals surface area (Å²) < 4.78 is 54.0. The van der Waals surface area contributed by atoms with Crippen molar-refractivity contribution in [3.63, 3.8) is 0 Å². The molecule has 0 radical (unpaired) electrons. The zero-order valence-electron chi connectivity index (χ0n) is 31.5. The van der Waals surface area contributed by atoms with Crippen LogP contribution in [0.3, 0.4) is 0 Å². The van der Waals surface area contributed by atoms with Gasteiger partial charge in [-0.3, -0.25) is 4.79 Å². The molecule has 280 valence electrons. The summed E-state index contributed by atoms with van der Waals surface area (Å²) in [5, 5.41) is 0. The summed E-state index contributed by atoms with van der Waals surface area (Å²) in [6.07, 6.45) is 6.13. The first-order valence-electron chi connectivity index (χ1n) is 17.3. The van der Waals surface area contributed by atoms with Crippen molar-refractivity contribution in [2.24, 2.45) is 0 Å². The summed E-state index contributed by atoms with van der Waals surface area (Å²) in [4.78, 5) is 15.5. The molecule has 5 rings (SSSR count). The predicted molar refractivity (Wildman–Crippen MR) is 202 cm³/mol. The monoisotopic (exact) mass is 724 g/mol. The van der Waals surface area contributed by atoms with Crippen molar-refractivity contribution in [1.82, 2.24) is 0 Å². The number of hydrogen-bond donors (Lipinski definition) is 0. The highest BCUT2D eigenvalue weighted by atomic mass is 16.7. The molecule has 10 nitrogen and oxygen atoms in total. The molecule has 1 aliphatic rings. The van der Waals surface area contributed by atoms with E-state index >= 15 is 4.79 Å². The molecule has 0 amide bonds. The highest BCUT2D eigenvalue weighted by molar-refractivity contribution is 6.17. The van der Waals surface area contributed by atoms with Crippen LogP contribution in [-0.4, -0.2) is 53.1 Å². The van der Waals surface area contributed by atoms with Crippen molar-refractivity contribution in [2.75, 3.05) is 41.7 Å². The second-order valence-electron chi connectivity index (χ2n) is 13.1. The SMILES string of the molecule is COCOc1cc(OCc2ccccc2)cc(OCc2ccccc2)c1C(=O)c1c2c(c(OCOC)c(CC=C(C)C)c1OCOC)OC(C)(C)C=C2. The fourth-order valence-electron chi connectivity index (χ4n) is 5.68. The molecule has 4 aromatic rings. The molecule has 1 heterocycles. The second kappa shape index (κ2) is 18.5. The normalized spacial score (nSPS) is 12.7. The molecule has 4 aromatic carbocycles. The highest BCUT2D eigenvalue weighted by Crippen LogP contribution is 2.51. The Hall–Kier alpha value is -5.29. The highest BCUT2D eigenvalue weighted by Gasteiger charge is 2.37. The van der Waals surface area contributed by atoms with Crippen LogP contribution < -0.4 is 28.4 Å². The lowest BCUT2D eigenvalue weighted by atomic mass is 9.88. The Labute approximate surface area is 311 Å². The summed E-state index contributed by atoms with van der Waals surface area (Å²) in [5.41, 5.74) is 3.64. The van der Waals surface area contributed by atoms with Gasteiger partial charge in [-0.05, 0) is 51.3 Å². The summed E-state index contributed by atoms with van der Waals surface area (Å²) in [7, 11) is 4.57. The molecule has 0 spiro atoms. The number of ether oxygens (including phenoxy) is 9. The molecule has 0 bridgehead atoms. The number of methoxy groups -OCH3 is 3. The van der Waals surface area contributed by atoms with E-state index in [1.807, 2.05) is 107 Å². The lowest BCUT2D eigenvalue weighted by Crippen LogP contribution is -2.29. The molecule has 0 atom stereocenters. The Balaban J connectivity index is 1.77. The van der Waals surface area contributed by atoms with E-state index in [2.05, 4.69) is 0 Å². The summed E-state index contributed by atoms with van der Waals surface area (Å²) in [6.45, 7) is 7.97. The Kier molecular flexibility index (Phi) is 13.6. The van der Waals surface area contributed by atoms with Crippen LogP contribution >= 0.6 is 0 Å². The standard InChI is InChI=1S/C43H48O10/c1-29(2)18-19-34-40(51-27-46-6)37(33-20-21-43(3,4)53-42(33)41(34)52-28-47-7)39(44)38-35(49-25-31-16-12-9-13-17-31)22-32(23-36(38)50-26-45-5)48-24-30-14-10-8-11-15-30/h8-18,20-23H,19,24-28H2,1-7H3. The smallest absolute Gasteiger partial charge is 0.205 e. The molecule has 0 fully saturated rings. The number of carbonyl (C=O) groups excluding carboxylic acids is 1. The van der Waals surface area contributed by atoms with Crippen molar-refractivity contribution < 1.29 is 47.4 Å². The van der Waals surface area contributed by atoms with E-state index in [9.17, 15) is 0 Å². The zero-order chi connectivity index (χ0) is 37.8. The van der Waals surface area contributed by atoms with Crippen molar-refractivity contribution in [3.05, 3.63) is 124 Å². The van der Waals surface area contributed by atoms with Crippen LogP contribution in [0, 0.1) is 0 Å². The number of rotatable bonds is 19. The van der Waals surface area contributed by atoms with E-state index in [-0.39, 0.29) is 62.0 Å². The second-order valence-corrected chi connectivity index (χ2v) is 13.1. The molecular weight excluding hydrogens is 676 g/mol. The number of fused-ring (bicyclic) bond motifs is 1. The van der Waals surface area contributed by atoms with Crippen LogP contribution in [0.4, 0.5) is 0 Å². The van der Waals surface area contributed by atoms with Crippen molar-refractivity contribution in [1.29, 1.82) is 0 Å². The van der Waals surface area contributed by atoms with Gasteiger partial charge in [0, 0.05) is 44.6 Å². The van der Waals surface area contributed by atoms with E-state index < -0.39 is 11.4 Å². The van der Waals surface area contributed by atoms with E-state index in [0.29, 0.717) is 34.8 Å². The minimum Gasteiger partial charge on any atom is -0.489 e. The Morgan fingerprint density at radius 1 is 0.698 bits per heavy atom. The van der Waals surface area contributed by atoms with E-state index in [1.165, 1.54) is 14.2 Å². The zero-order valence-corrected chi connectivity index (χ0v) is 31.5. The van der Waals surface area contributed by atoms with Crippen molar-refractivity contribution in [2.45, 2.75) is 52.9 Å². The first-order valence-corrected chi connectivity index (χ1v) is 17.3. The molecule has 0 aliphatic carbocycles. The van der Waals surface area contributed by atoms with Crippen LogP contribution in [0.1, 0.15) is 65.9 Å². The van der Waals surface area contributed by atoms with Gasteiger partial charge < -0.3 is 42.6 Å². The van der Waals surface area contributed by atoms with Gasteiger partial charge in [0.15, 0.2) is 31.9 Å². The van der Waals surface area contributed by atoms with Gasteiger partial charge in [-0.15, -0.1) is 0 Å². The molecular formula is C43H48O10. The summed E-state index contributed by atoms with van der Waals surface area (Å²) >= 11 is 0. The topological polar surface area (TPSA) is 100 Å². The maximum absolute atomic E-state index is 15.5.